The Hall–Kier alpha value is 0.860. The summed E-state index contributed by atoms with van der Waals surface area (Å²) in [5, 5.41) is 0. The third-order valence-electron chi connectivity index (χ3n) is 2.29. The minimum atomic E-state index is -0.412. The first-order valence-electron chi connectivity index (χ1n) is 3.52. The highest BCUT2D eigenvalue weighted by Crippen LogP contribution is 2.53. The molecule has 0 bridgehead atoms. The molecule has 1 radical (unpaired) electrons. The van der Waals surface area contributed by atoms with Crippen molar-refractivity contribution < 1.29 is 0 Å². The summed E-state index contributed by atoms with van der Waals surface area (Å²) in [4.78, 5) is 0. The minimum Gasteiger partial charge on any atom is -0.153 e. The summed E-state index contributed by atoms with van der Waals surface area (Å²) in [6.45, 7) is 9.43. The Morgan fingerprint density at radius 3 is 1.11 bits per heavy atom. The van der Waals surface area contributed by atoms with Crippen molar-refractivity contribution >= 4 is 17.2 Å². The molecular weight excluding hydrogens is 146 g/mol. The summed E-state index contributed by atoms with van der Waals surface area (Å²) in [6, 6.07) is 0. The molecule has 0 nitrogen and oxygen atoms in total. The molecular formula is C7H21P2. The van der Waals surface area contributed by atoms with Crippen LogP contribution in [0.1, 0.15) is 20.8 Å². The van der Waals surface area contributed by atoms with Crippen LogP contribution in [0.2, 0.25) is 0 Å². The Morgan fingerprint density at radius 2 is 1.11 bits per heavy atom. The number of rotatable bonds is 3. The first-order chi connectivity index (χ1) is 3.68. The average Bonchev–Trinajstić information content (AvgIpc) is 1.87. The lowest BCUT2D eigenvalue weighted by Crippen LogP contribution is -1.98. The molecule has 0 aliphatic rings. The molecule has 0 amide bonds. The van der Waals surface area contributed by atoms with Gasteiger partial charge < -0.3 is 0 Å². The third-order valence-corrected chi connectivity index (χ3v) is 6.87. The summed E-state index contributed by atoms with van der Waals surface area (Å²) in [6.07, 6.45) is 4.29. The van der Waals surface area contributed by atoms with E-state index in [2.05, 4.69) is 27.4 Å². The van der Waals surface area contributed by atoms with E-state index in [1.165, 1.54) is 18.5 Å². The Labute approximate surface area is 63.8 Å². The number of hydrogen-bond donors (Lipinski definition) is 0. The molecule has 0 fully saturated rings. The minimum absolute atomic E-state index is 0. The van der Waals surface area contributed by atoms with Crippen LogP contribution >= 0.6 is 17.2 Å². The second kappa shape index (κ2) is 5.63. The van der Waals surface area contributed by atoms with Crippen LogP contribution in [-0.4, -0.2) is 25.2 Å². The highest BCUT2D eigenvalue weighted by atomic mass is 31.2. The molecule has 0 saturated carbocycles. The van der Waals surface area contributed by atoms with Crippen molar-refractivity contribution in [1.82, 2.24) is 0 Å². The van der Waals surface area contributed by atoms with Crippen LogP contribution in [0, 0.1) is 0 Å². The molecule has 0 aromatic rings. The van der Waals surface area contributed by atoms with Crippen LogP contribution in [0.4, 0.5) is 0 Å². The van der Waals surface area contributed by atoms with Gasteiger partial charge in [0.15, 0.2) is 0 Å². The van der Waals surface area contributed by atoms with Crippen molar-refractivity contribution in [3.8, 4) is 0 Å². The maximum atomic E-state index is 2.47. The van der Waals surface area contributed by atoms with Crippen molar-refractivity contribution in [2.24, 2.45) is 0 Å². The van der Waals surface area contributed by atoms with E-state index in [0.29, 0.717) is 0 Å². The van der Waals surface area contributed by atoms with E-state index in [0.717, 1.165) is 0 Å². The molecule has 0 aliphatic heterocycles. The average molecular weight is 167 g/mol. The van der Waals surface area contributed by atoms with Gasteiger partial charge in [0.1, 0.15) is 0 Å². The molecule has 1 atom stereocenters. The van der Waals surface area contributed by atoms with Crippen LogP contribution in [0.5, 0.6) is 0 Å². The lowest BCUT2D eigenvalue weighted by molar-refractivity contribution is 1.31. The zero-order valence-corrected chi connectivity index (χ0v) is 9.58. The first kappa shape index (κ1) is 12.5. The summed E-state index contributed by atoms with van der Waals surface area (Å²) < 4.78 is 0. The molecule has 59 valence electrons. The van der Waals surface area contributed by atoms with E-state index in [1.807, 2.05) is 0 Å². The molecule has 0 heterocycles. The third kappa shape index (κ3) is 4.29. The van der Waals surface area contributed by atoms with E-state index in [9.17, 15) is 0 Å². The van der Waals surface area contributed by atoms with Crippen LogP contribution in [0.25, 0.3) is 0 Å². The Bertz CT molecular complexity index is 49.7. The fourth-order valence-electron chi connectivity index (χ4n) is 0.671. The van der Waals surface area contributed by atoms with Gasteiger partial charge in [-0.25, -0.2) is 0 Å². The van der Waals surface area contributed by atoms with Gasteiger partial charge in [0.05, 0.1) is 0 Å². The highest BCUT2D eigenvalue weighted by Gasteiger charge is 2.11. The topological polar surface area (TPSA) is 0 Å². The maximum absolute atomic E-state index is 2.47. The summed E-state index contributed by atoms with van der Waals surface area (Å²) in [5.41, 5.74) is 0. The molecule has 0 N–H and O–H groups in total. The van der Waals surface area contributed by atoms with E-state index < -0.39 is 7.26 Å². The summed E-state index contributed by atoms with van der Waals surface area (Å²) in [5.74, 6) is 0. The fraction of sp³-hybridized carbons (Fsp3) is 1.00. The normalized spacial score (nSPS) is 10.7. The smallest absolute Gasteiger partial charge is 0.0390 e. The lowest BCUT2D eigenvalue weighted by atomic mass is 10.9. The molecule has 0 aromatic carbocycles. The molecule has 9 heavy (non-hydrogen) atoms. The molecule has 0 saturated heterocycles. The van der Waals surface area contributed by atoms with Gasteiger partial charge in [-0.2, -0.15) is 9.90 Å². The summed E-state index contributed by atoms with van der Waals surface area (Å²) >= 11 is 0. The van der Waals surface area contributed by atoms with E-state index in [-0.39, 0.29) is 9.90 Å². The zero-order valence-electron chi connectivity index (χ0n) is 7.28. The largest absolute Gasteiger partial charge is 0.153 e. The first-order valence-corrected chi connectivity index (χ1v) is 6.31. The quantitative estimate of drug-likeness (QED) is 0.567. The van der Waals surface area contributed by atoms with Crippen LogP contribution in [0.3, 0.4) is 0 Å². The standard InChI is InChI=1S/C7H18P.H3P/c1-5-8(4,6-2)7-3;/h5-7H2,1-4H3;1H3. The summed E-state index contributed by atoms with van der Waals surface area (Å²) in [7, 11) is -0.412. The van der Waals surface area contributed by atoms with E-state index in [4.69, 9.17) is 0 Å². The van der Waals surface area contributed by atoms with Gasteiger partial charge in [0, 0.05) is 0 Å². The van der Waals surface area contributed by atoms with Gasteiger partial charge in [-0.3, -0.25) is 0 Å². The Balaban J connectivity index is 0. The molecule has 2 heteroatoms. The predicted molar refractivity (Wildman–Crippen MR) is 55.6 cm³/mol. The van der Waals surface area contributed by atoms with Gasteiger partial charge in [-0.05, 0) is 25.2 Å². The zero-order chi connectivity index (χ0) is 6.62. The number of hydrogen-bond acceptors (Lipinski definition) is 0. The van der Waals surface area contributed by atoms with Crippen molar-refractivity contribution in [1.29, 1.82) is 0 Å². The monoisotopic (exact) mass is 167 g/mol. The lowest BCUT2D eigenvalue weighted by Gasteiger charge is -2.27. The van der Waals surface area contributed by atoms with Gasteiger partial charge in [0.2, 0.25) is 0 Å². The van der Waals surface area contributed by atoms with E-state index >= 15 is 0 Å². The van der Waals surface area contributed by atoms with Gasteiger partial charge in [-0.15, -0.1) is 7.26 Å². The Kier molecular flexibility index (Phi) is 7.84. The SMILES string of the molecule is CC[P](C)(CC)CC.P. The van der Waals surface area contributed by atoms with Crippen molar-refractivity contribution in [2.75, 3.05) is 25.2 Å². The second-order valence-corrected chi connectivity index (χ2v) is 7.70. The van der Waals surface area contributed by atoms with Crippen molar-refractivity contribution in [2.45, 2.75) is 20.8 Å². The Morgan fingerprint density at radius 1 is 0.889 bits per heavy atom. The molecule has 0 spiro atoms. The maximum Gasteiger partial charge on any atom is -0.0390 e. The van der Waals surface area contributed by atoms with Gasteiger partial charge >= 0.3 is 0 Å². The van der Waals surface area contributed by atoms with Gasteiger partial charge in [0.25, 0.3) is 0 Å². The van der Waals surface area contributed by atoms with Crippen molar-refractivity contribution in [3.05, 3.63) is 0 Å². The highest BCUT2D eigenvalue weighted by molar-refractivity contribution is 7.75. The van der Waals surface area contributed by atoms with Gasteiger partial charge in [-0.1, -0.05) is 20.8 Å². The molecule has 0 rings (SSSR count). The molecule has 1 unspecified atom stereocenters. The van der Waals surface area contributed by atoms with E-state index in [1.54, 1.807) is 0 Å². The predicted octanol–water partition coefficient (Wildman–Crippen LogP) is 2.75. The fourth-order valence-corrected chi connectivity index (χ4v) is 2.01. The van der Waals surface area contributed by atoms with Crippen LogP contribution in [-0.2, 0) is 0 Å². The molecule has 0 aliphatic carbocycles. The van der Waals surface area contributed by atoms with Crippen LogP contribution in [0.15, 0.2) is 0 Å². The van der Waals surface area contributed by atoms with Crippen molar-refractivity contribution in [3.63, 3.8) is 0 Å². The second-order valence-electron chi connectivity index (χ2n) is 2.57. The molecule has 0 aromatic heterocycles. The van der Waals surface area contributed by atoms with Crippen LogP contribution < -0.4 is 0 Å².